The first-order valence-corrected chi connectivity index (χ1v) is 12.1. The highest BCUT2D eigenvalue weighted by molar-refractivity contribution is 5.85. The normalized spacial score (nSPS) is 23.5. The number of nitrogens with zero attached hydrogens (tertiary/aromatic N) is 5. The summed E-state index contributed by atoms with van der Waals surface area (Å²) in [5.41, 5.74) is 4.10. The first kappa shape index (κ1) is 20.6. The molecule has 1 aliphatic heterocycles. The minimum absolute atomic E-state index is 0.173. The topological polar surface area (TPSA) is 85.3 Å². The molecule has 172 valence electrons. The highest BCUT2D eigenvalue weighted by atomic mass is 16.5. The average Bonchev–Trinajstić information content (AvgIpc) is 3.72. The van der Waals surface area contributed by atoms with Gasteiger partial charge in [-0.15, -0.1) is 0 Å². The molecule has 3 aliphatic rings. The summed E-state index contributed by atoms with van der Waals surface area (Å²) in [5, 5.41) is 3.51. The molecule has 3 fully saturated rings. The van der Waals surface area contributed by atoms with Crippen molar-refractivity contribution in [3.63, 3.8) is 0 Å². The zero-order valence-electron chi connectivity index (χ0n) is 18.8. The van der Waals surface area contributed by atoms with Crippen molar-refractivity contribution in [3.05, 3.63) is 42.5 Å². The molecule has 3 aromatic rings. The molecule has 1 N–H and O–H groups in total. The second-order valence-electron chi connectivity index (χ2n) is 9.32. The molecule has 8 heteroatoms. The Morgan fingerprint density at radius 3 is 2.39 bits per heavy atom. The third-order valence-corrected chi connectivity index (χ3v) is 6.92. The van der Waals surface area contributed by atoms with Crippen LogP contribution in [0.25, 0.3) is 11.0 Å². The van der Waals surface area contributed by atoms with E-state index in [0.717, 1.165) is 80.4 Å². The van der Waals surface area contributed by atoms with Crippen LogP contribution < -0.4 is 15.0 Å². The van der Waals surface area contributed by atoms with Crippen LogP contribution in [0, 0.1) is 0 Å². The minimum Gasteiger partial charge on any atom is -0.488 e. The van der Waals surface area contributed by atoms with Gasteiger partial charge in [0.15, 0.2) is 0 Å². The van der Waals surface area contributed by atoms with Crippen LogP contribution in [0.15, 0.2) is 36.9 Å². The summed E-state index contributed by atoms with van der Waals surface area (Å²) < 4.78 is 12.0. The highest BCUT2D eigenvalue weighted by Gasteiger charge is 2.26. The van der Waals surface area contributed by atoms with Crippen molar-refractivity contribution in [3.8, 4) is 5.75 Å². The third kappa shape index (κ3) is 4.71. The quantitative estimate of drug-likeness (QED) is 0.610. The van der Waals surface area contributed by atoms with Crippen LogP contribution in [0.2, 0.25) is 0 Å². The summed E-state index contributed by atoms with van der Waals surface area (Å²) in [6, 6.07) is 4.62. The van der Waals surface area contributed by atoms with E-state index in [0.29, 0.717) is 12.0 Å². The molecule has 8 nitrogen and oxygen atoms in total. The Bertz CT molecular complexity index is 1090. The predicted octanol–water partition coefficient (Wildman–Crippen LogP) is 3.94. The molecule has 0 amide bonds. The number of morpholine rings is 1. The van der Waals surface area contributed by atoms with Gasteiger partial charge in [0, 0.05) is 55.7 Å². The van der Waals surface area contributed by atoms with E-state index in [4.69, 9.17) is 9.47 Å². The van der Waals surface area contributed by atoms with Crippen LogP contribution in [0.4, 0.5) is 11.6 Å². The molecule has 2 aliphatic carbocycles. The van der Waals surface area contributed by atoms with Gasteiger partial charge in [0.25, 0.3) is 0 Å². The summed E-state index contributed by atoms with van der Waals surface area (Å²) in [6.45, 7) is 3.26. The Kier molecular flexibility index (Phi) is 5.68. The van der Waals surface area contributed by atoms with Crippen LogP contribution in [0.3, 0.4) is 0 Å². The number of nitrogens with one attached hydrogen (secondary N) is 1. The van der Waals surface area contributed by atoms with E-state index in [2.05, 4.69) is 42.3 Å². The summed E-state index contributed by atoms with van der Waals surface area (Å²) in [6.07, 6.45) is 14.2. The zero-order chi connectivity index (χ0) is 22.0. The number of anilines is 2. The molecular formula is C25H30N6O2. The van der Waals surface area contributed by atoms with Crippen molar-refractivity contribution < 1.29 is 9.47 Å². The van der Waals surface area contributed by atoms with E-state index in [1.165, 1.54) is 18.4 Å². The molecule has 33 heavy (non-hydrogen) atoms. The van der Waals surface area contributed by atoms with E-state index in [9.17, 15) is 0 Å². The molecule has 0 atom stereocenters. The van der Waals surface area contributed by atoms with Crippen LogP contribution in [0.1, 0.15) is 50.0 Å². The van der Waals surface area contributed by atoms with Crippen molar-refractivity contribution in [2.45, 2.75) is 56.6 Å². The standard InChI is InChI=1S/C25H30N6O2/c1-2-17(1)18-15-28-25(29-16-18)30-19-3-5-21(6-4-19)33-23-14-20(31-9-11-32-12-10-31)13-22-24(23)27-8-7-26-22/h7-8,13-17,19,21H,1-6,9-12H2,(H,28,29,30)/t19-,21+. The molecule has 1 saturated heterocycles. The smallest absolute Gasteiger partial charge is 0.222 e. The molecule has 1 aromatic carbocycles. The second-order valence-corrected chi connectivity index (χ2v) is 9.32. The fourth-order valence-electron chi connectivity index (χ4n) is 4.85. The molecular weight excluding hydrogens is 416 g/mol. The Morgan fingerprint density at radius 2 is 1.64 bits per heavy atom. The summed E-state index contributed by atoms with van der Waals surface area (Å²) in [7, 11) is 0. The zero-order valence-corrected chi connectivity index (χ0v) is 18.8. The molecule has 0 spiro atoms. The van der Waals surface area contributed by atoms with Crippen molar-refractivity contribution >= 4 is 22.7 Å². The Balaban J connectivity index is 1.11. The van der Waals surface area contributed by atoms with Gasteiger partial charge in [0.2, 0.25) is 5.95 Å². The molecule has 0 radical (unpaired) electrons. The van der Waals surface area contributed by atoms with Crippen molar-refractivity contribution in [2.75, 3.05) is 36.5 Å². The van der Waals surface area contributed by atoms with Crippen LogP contribution in [-0.4, -0.2) is 58.4 Å². The van der Waals surface area contributed by atoms with E-state index in [1.54, 1.807) is 12.4 Å². The second kappa shape index (κ2) is 9.09. The first-order chi connectivity index (χ1) is 16.3. The van der Waals surface area contributed by atoms with Gasteiger partial charge >= 0.3 is 0 Å². The largest absolute Gasteiger partial charge is 0.488 e. The molecule has 0 bridgehead atoms. The monoisotopic (exact) mass is 446 g/mol. The Labute approximate surface area is 193 Å². The maximum atomic E-state index is 6.53. The Morgan fingerprint density at radius 1 is 0.879 bits per heavy atom. The van der Waals surface area contributed by atoms with E-state index >= 15 is 0 Å². The average molecular weight is 447 g/mol. The van der Waals surface area contributed by atoms with Crippen LogP contribution >= 0.6 is 0 Å². The SMILES string of the molecule is c1cnc2c(O[C@H]3CC[C@@H](Nc4ncc(C5CC5)cn4)CC3)cc(N3CCOCC3)cc2n1. The number of ether oxygens (including phenoxy) is 2. The number of hydrogen-bond acceptors (Lipinski definition) is 8. The van der Waals surface area contributed by atoms with Crippen molar-refractivity contribution in [1.29, 1.82) is 0 Å². The van der Waals surface area contributed by atoms with Gasteiger partial charge in [0.05, 0.1) is 24.8 Å². The molecule has 3 heterocycles. The molecule has 0 unspecified atom stereocenters. The molecule has 6 rings (SSSR count). The number of benzene rings is 1. The predicted molar refractivity (Wildman–Crippen MR) is 127 cm³/mol. The number of aromatic nitrogens is 4. The fourth-order valence-corrected chi connectivity index (χ4v) is 4.85. The number of hydrogen-bond donors (Lipinski definition) is 1. The summed E-state index contributed by atoms with van der Waals surface area (Å²) >= 11 is 0. The van der Waals surface area contributed by atoms with Crippen LogP contribution in [-0.2, 0) is 4.74 Å². The van der Waals surface area contributed by atoms with Crippen LogP contribution in [0.5, 0.6) is 5.75 Å². The van der Waals surface area contributed by atoms with E-state index in [1.807, 2.05) is 12.4 Å². The third-order valence-electron chi connectivity index (χ3n) is 6.92. The first-order valence-electron chi connectivity index (χ1n) is 12.1. The van der Waals surface area contributed by atoms with Gasteiger partial charge in [-0.25, -0.2) is 15.0 Å². The summed E-state index contributed by atoms with van der Waals surface area (Å²) in [4.78, 5) is 20.5. The lowest BCUT2D eigenvalue weighted by Crippen LogP contribution is -2.36. The molecule has 2 saturated carbocycles. The van der Waals surface area contributed by atoms with Gasteiger partial charge in [-0.1, -0.05) is 0 Å². The van der Waals surface area contributed by atoms with Crippen molar-refractivity contribution in [1.82, 2.24) is 19.9 Å². The number of fused-ring (bicyclic) bond motifs is 1. The van der Waals surface area contributed by atoms with Crippen molar-refractivity contribution in [2.24, 2.45) is 0 Å². The van der Waals surface area contributed by atoms with Gasteiger partial charge in [0.1, 0.15) is 11.3 Å². The lowest BCUT2D eigenvalue weighted by Gasteiger charge is -2.31. The maximum absolute atomic E-state index is 6.53. The van der Waals surface area contributed by atoms with E-state index in [-0.39, 0.29) is 6.10 Å². The minimum atomic E-state index is 0.173. The maximum Gasteiger partial charge on any atom is 0.222 e. The summed E-state index contributed by atoms with van der Waals surface area (Å²) in [5.74, 6) is 2.26. The lowest BCUT2D eigenvalue weighted by atomic mass is 9.93. The number of rotatable bonds is 6. The molecule has 2 aromatic heterocycles. The fraction of sp³-hybridized carbons (Fsp3) is 0.520. The highest BCUT2D eigenvalue weighted by Crippen LogP contribution is 2.39. The van der Waals surface area contributed by atoms with Gasteiger partial charge in [-0.05, 0) is 56.1 Å². The van der Waals surface area contributed by atoms with Gasteiger partial charge in [-0.3, -0.25) is 4.98 Å². The lowest BCUT2D eigenvalue weighted by molar-refractivity contribution is 0.122. The van der Waals surface area contributed by atoms with E-state index < -0.39 is 0 Å². The Hall–Kier alpha value is -3.00. The van der Waals surface area contributed by atoms with Gasteiger partial charge in [-0.2, -0.15) is 0 Å². The van der Waals surface area contributed by atoms with Gasteiger partial charge < -0.3 is 19.7 Å².